The van der Waals surface area contributed by atoms with Crippen molar-refractivity contribution in [2.24, 2.45) is 5.92 Å². The smallest absolute Gasteiger partial charge is 0.248 e. The van der Waals surface area contributed by atoms with E-state index in [1.165, 1.54) is 25.7 Å². The summed E-state index contributed by atoms with van der Waals surface area (Å²) in [6.45, 7) is 5.02. The summed E-state index contributed by atoms with van der Waals surface area (Å²) in [5, 5.41) is 0. The van der Waals surface area contributed by atoms with Crippen LogP contribution >= 0.6 is 0 Å². The molecule has 0 N–H and O–H groups in total. The highest BCUT2D eigenvalue weighted by Gasteiger charge is 2.35. The number of carbonyl (C=O) groups excluding carboxylic acids is 1. The lowest BCUT2D eigenvalue weighted by Crippen LogP contribution is -2.46. The molecule has 1 amide bonds. The Bertz CT molecular complexity index is 982. The molecule has 1 unspecified atom stereocenters. The largest absolute Gasteiger partial charge is 0.497 e. The Morgan fingerprint density at radius 1 is 1.03 bits per heavy atom. The van der Waals surface area contributed by atoms with E-state index in [0.717, 1.165) is 32.2 Å². The normalized spacial score (nSPS) is 23.3. The molecule has 0 spiro atoms. The Balaban J connectivity index is 1.51. The van der Waals surface area contributed by atoms with Crippen molar-refractivity contribution in [1.82, 2.24) is 14.1 Å². The number of sulfonamides is 1. The van der Waals surface area contributed by atoms with Gasteiger partial charge >= 0.3 is 0 Å². The third-order valence-electron chi connectivity index (χ3n) is 8.19. The molecule has 0 aromatic heterocycles. The number of hydrogen-bond donors (Lipinski definition) is 0. The number of hydrogen-bond acceptors (Lipinski definition) is 6. The molecule has 1 aliphatic carbocycles. The average molecular weight is 538 g/mol. The number of likely N-dealkylation sites (N-methyl/N-ethyl adjacent to an activating group) is 1. The van der Waals surface area contributed by atoms with E-state index in [-0.39, 0.29) is 25.2 Å². The third kappa shape index (κ3) is 7.68. The van der Waals surface area contributed by atoms with Crippen molar-refractivity contribution < 1.29 is 22.7 Å². The molecule has 1 heterocycles. The highest BCUT2D eigenvalue weighted by Crippen LogP contribution is 2.32. The lowest BCUT2D eigenvalue weighted by Gasteiger charge is -2.35. The lowest BCUT2D eigenvalue weighted by atomic mass is 9.83. The number of amides is 1. The van der Waals surface area contributed by atoms with Crippen molar-refractivity contribution >= 4 is 15.9 Å². The minimum Gasteiger partial charge on any atom is -0.497 e. The molecule has 8 nitrogen and oxygen atoms in total. The molecule has 3 rings (SSSR count). The van der Waals surface area contributed by atoms with E-state index < -0.39 is 10.0 Å². The molecule has 1 aliphatic heterocycles. The summed E-state index contributed by atoms with van der Waals surface area (Å²) in [7, 11) is 4.03. The van der Waals surface area contributed by atoms with Crippen LogP contribution in [0.2, 0.25) is 0 Å². The van der Waals surface area contributed by atoms with Crippen molar-refractivity contribution in [3.63, 3.8) is 0 Å². The van der Waals surface area contributed by atoms with E-state index in [9.17, 15) is 13.2 Å². The van der Waals surface area contributed by atoms with Gasteiger partial charge in [0.15, 0.2) is 0 Å². The third-order valence-corrected chi connectivity index (χ3v) is 10.4. The molecule has 37 heavy (non-hydrogen) atoms. The van der Waals surface area contributed by atoms with Gasteiger partial charge in [0.25, 0.3) is 0 Å². The Morgan fingerprint density at radius 3 is 2.27 bits per heavy atom. The van der Waals surface area contributed by atoms with Crippen LogP contribution in [0.25, 0.3) is 0 Å². The zero-order valence-electron chi connectivity index (χ0n) is 23.7. The monoisotopic (exact) mass is 537 g/mol. The second-order valence-electron chi connectivity index (χ2n) is 11.1. The molecule has 9 heteroatoms. The molecular formula is C28H47N3O5S. The minimum absolute atomic E-state index is 0.0190. The van der Waals surface area contributed by atoms with Gasteiger partial charge in [-0.3, -0.25) is 4.79 Å². The highest BCUT2D eigenvalue weighted by atomic mass is 32.2. The molecule has 1 saturated heterocycles. The Labute approximate surface area is 224 Å². The van der Waals surface area contributed by atoms with Gasteiger partial charge in [0.05, 0.1) is 18.6 Å². The van der Waals surface area contributed by atoms with E-state index in [4.69, 9.17) is 9.47 Å². The first-order valence-corrected chi connectivity index (χ1v) is 15.1. The predicted molar refractivity (Wildman–Crippen MR) is 147 cm³/mol. The van der Waals surface area contributed by atoms with E-state index in [1.54, 1.807) is 42.3 Å². The van der Waals surface area contributed by atoms with E-state index in [1.807, 2.05) is 7.05 Å². The first-order chi connectivity index (χ1) is 17.5. The quantitative estimate of drug-likeness (QED) is 0.427. The van der Waals surface area contributed by atoms with Crippen LogP contribution in [0.3, 0.4) is 0 Å². The van der Waals surface area contributed by atoms with Gasteiger partial charge in [0, 0.05) is 32.2 Å². The van der Waals surface area contributed by atoms with Gasteiger partial charge in [-0.15, -0.1) is 0 Å². The van der Waals surface area contributed by atoms with Crippen LogP contribution in [0, 0.1) is 19.8 Å². The van der Waals surface area contributed by atoms with E-state index in [0.29, 0.717) is 40.3 Å². The number of ether oxygens (including phenoxy) is 2. The molecule has 1 aromatic carbocycles. The summed E-state index contributed by atoms with van der Waals surface area (Å²) in [6.07, 6.45) is 8.43. The van der Waals surface area contributed by atoms with Gasteiger partial charge in [-0.05, 0) is 102 Å². The number of benzene rings is 1. The maximum atomic E-state index is 13.7. The highest BCUT2D eigenvalue weighted by molar-refractivity contribution is 7.89. The van der Waals surface area contributed by atoms with Gasteiger partial charge in [-0.25, -0.2) is 8.42 Å². The first kappa shape index (κ1) is 29.9. The fourth-order valence-corrected chi connectivity index (χ4v) is 7.95. The molecule has 2 aliphatic rings. The number of piperidine rings is 1. The molecule has 0 bridgehead atoms. The molecule has 2 fully saturated rings. The topological polar surface area (TPSA) is 79.4 Å². The van der Waals surface area contributed by atoms with Crippen molar-refractivity contribution in [2.45, 2.75) is 82.2 Å². The maximum absolute atomic E-state index is 13.7. The average Bonchev–Trinajstić information content (AvgIpc) is 2.86. The van der Waals surface area contributed by atoms with Crippen LogP contribution in [-0.4, -0.2) is 95.1 Å². The molecule has 1 aromatic rings. The molecular weight excluding hydrogens is 490 g/mol. The first-order valence-electron chi connectivity index (χ1n) is 13.7. The van der Waals surface area contributed by atoms with Crippen LogP contribution < -0.4 is 4.74 Å². The minimum atomic E-state index is -3.70. The number of rotatable bonds is 11. The maximum Gasteiger partial charge on any atom is 0.248 e. The Morgan fingerprint density at radius 2 is 1.68 bits per heavy atom. The fourth-order valence-electron chi connectivity index (χ4n) is 5.85. The van der Waals surface area contributed by atoms with Gasteiger partial charge in [-0.1, -0.05) is 6.42 Å². The summed E-state index contributed by atoms with van der Waals surface area (Å²) in [5.74, 6) is 1.28. The zero-order valence-corrected chi connectivity index (χ0v) is 24.5. The van der Waals surface area contributed by atoms with Gasteiger partial charge in [0.1, 0.15) is 12.4 Å². The predicted octanol–water partition coefficient (Wildman–Crippen LogP) is 3.84. The zero-order chi connectivity index (χ0) is 27.2. The van der Waals surface area contributed by atoms with Crippen molar-refractivity contribution in [3.8, 4) is 5.75 Å². The van der Waals surface area contributed by atoms with E-state index >= 15 is 0 Å². The summed E-state index contributed by atoms with van der Waals surface area (Å²) in [5.41, 5.74) is 1.35. The van der Waals surface area contributed by atoms with Gasteiger partial charge in [-0.2, -0.15) is 4.31 Å². The van der Waals surface area contributed by atoms with Crippen LogP contribution in [0.1, 0.15) is 62.5 Å². The summed E-state index contributed by atoms with van der Waals surface area (Å²) < 4.78 is 40.1. The van der Waals surface area contributed by atoms with Crippen LogP contribution in [0.4, 0.5) is 0 Å². The second kappa shape index (κ2) is 13.4. The van der Waals surface area contributed by atoms with Gasteiger partial charge < -0.3 is 19.3 Å². The second-order valence-corrected chi connectivity index (χ2v) is 12.9. The fraction of sp³-hybridized carbons (Fsp3) is 0.750. The van der Waals surface area contributed by atoms with Crippen LogP contribution in [0.15, 0.2) is 17.0 Å². The van der Waals surface area contributed by atoms with Crippen LogP contribution in [-0.2, 0) is 19.6 Å². The lowest BCUT2D eigenvalue weighted by molar-refractivity contribution is -0.135. The molecule has 1 atom stereocenters. The Hall–Kier alpha value is -1.68. The van der Waals surface area contributed by atoms with Crippen molar-refractivity contribution in [1.29, 1.82) is 0 Å². The number of nitrogens with zero attached hydrogens (tertiary/aromatic N) is 3. The Kier molecular flexibility index (Phi) is 10.8. The number of methoxy groups -OCH3 is 1. The summed E-state index contributed by atoms with van der Waals surface area (Å²) in [4.78, 5) is 17.1. The van der Waals surface area contributed by atoms with Crippen molar-refractivity contribution in [3.05, 3.63) is 23.3 Å². The number of carbonyl (C=O) groups is 1. The summed E-state index contributed by atoms with van der Waals surface area (Å²) in [6, 6.07) is 3.93. The van der Waals surface area contributed by atoms with Gasteiger partial charge in [0.2, 0.25) is 15.9 Å². The molecule has 0 radical (unpaired) electrons. The summed E-state index contributed by atoms with van der Waals surface area (Å²) >= 11 is 0. The molecule has 210 valence electrons. The van der Waals surface area contributed by atoms with Crippen molar-refractivity contribution in [2.75, 3.05) is 54.6 Å². The van der Waals surface area contributed by atoms with Crippen LogP contribution in [0.5, 0.6) is 5.75 Å². The number of aryl methyl sites for hydroxylation is 2. The standard InChI is InChI=1S/C28H47N3O5S/c1-21-17-26(35-6)18-22(2)28(21)37(33,34)31-15-8-7-9-25(31)19-36-20-27(32)30(5)16-14-23-10-12-24(13-11-23)29(3)4/h17-18,23-25H,7-16,19-20H2,1-6H3. The van der Waals surface area contributed by atoms with E-state index in [2.05, 4.69) is 19.0 Å². The SMILES string of the molecule is COc1cc(C)c(S(=O)(=O)N2CCCCC2COCC(=O)N(C)CCC2CCC(N(C)C)CC2)c(C)c1. The molecule has 1 saturated carbocycles.